The minimum Gasteiger partial charge on any atom is -0.465 e. The van der Waals surface area contributed by atoms with Crippen molar-refractivity contribution in [3.8, 4) is 22.5 Å². The van der Waals surface area contributed by atoms with Gasteiger partial charge in [0.2, 0.25) is 5.96 Å². The molecule has 2 amide bonds. The van der Waals surface area contributed by atoms with Crippen LogP contribution in [0.5, 0.6) is 0 Å². The lowest BCUT2D eigenvalue weighted by Crippen LogP contribution is -2.49. The summed E-state index contributed by atoms with van der Waals surface area (Å²) < 4.78 is 26.7. The van der Waals surface area contributed by atoms with E-state index in [1.54, 1.807) is 42.5 Å². The molecule has 5 rings (SSSR count). The number of H-pyrrole nitrogens is 1. The van der Waals surface area contributed by atoms with Gasteiger partial charge in [0.05, 0.1) is 23.9 Å². The molecule has 0 saturated heterocycles. The molecule has 0 spiro atoms. The Morgan fingerprint density at radius 1 is 1.16 bits per heavy atom. The number of carbonyl (C=O) groups is 2. The lowest BCUT2D eigenvalue weighted by Gasteiger charge is -2.34. The number of hydrogen-bond donors (Lipinski definition) is 4. The maximum atomic E-state index is 14.6. The number of aliphatic hydroxyl groups excluding tert-OH is 1. The summed E-state index contributed by atoms with van der Waals surface area (Å²) in [5.74, 6) is -0.464. The Morgan fingerprint density at radius 2 is 1.89 bits per heavy atom. The molecule has 44 heavy (non-hydrogen) atoms. The summed E-state index contributed by atoms with van der Waals surface area (Å²) in [4.78, 5) is 36.5. The third kappa shape index (κ3) is 5.90. The average Bonchev–Trinajstić information content (AvgIpc) is 3.72. The fourth-order valence-electron chi connectivity index (χ4n) is 5.36. The first-order chi connectivity index (χ1) is 20.8. The van der Waals surface area contributed by atoms with Crippen LogP contribution in [0.1, 0.15) is 50.9 Å². The molecule has 2 aromatic heterocycles. The number of aromatic amines is 1. The fourth-order valence-corrected chi connectivity index (χ4v) is 5.57. The molecule has 4 N–H and O–H groups in total. The van der Waals surface area contributed by atoms with E-state index in [1.807, 2.05) is 20.8 Å². The third-order valence-electron chi connectivity index (χ3n) is 7.13. The largest absolute Gasteiger partial charge is 0.465 e. The van der Waals surface area contributed by atoms with Gasteiger partial charge in [-0.15, -0.1) is 0 Å². The third-order valence-corrected chi connectivity index (χ3v) is 7.46. The number of carbonyl (C=O) groups excluding carboxylic acids is 1. The average molecular weight is 627 g/mol. The van der Waals surface area contributed by atoms with Crippen LogP contribution in [0, 0.1) is 5.41 Å². The predicted molar refractivity (Wildman–Crippen MR) is 157 cm³/mol. The monoisotopic (exact) mass is 626 g/mol. The maximum absolute atomic E-state index is 14.6. The molecule has 2 atom stereocenters. The molecule has 12 nitrogen and oxygen atoms in total. The molecule has 1 aliphatic heterocycles. The van der Waals surface area contributed by atoms with E-state index in [9.17, 15) is 28.6 Å². The number of nitrogens with zero attached hydrogens (tertiary/aromatic N) is 6. The summed E-state index contributed by atoms with van der Waals surface area (Å²) in [5.41, 5.74) is 0.312. The minimum atomic E-state index is -2.79. The standard InChI is InChI=1S/C29H29ClF2N8O4/c1-28(2,3)14-29(19-7-4-16(5-8-19)18-11-35-39(12-18)25(31)32)24(42)40(26(37-29)36-27(43)44)22(13-41)17-6-9-21(30)20(10-17)23-33-15-34-38-23/h4-12,15,22,25,41H,13-14H2,1-3H3,(H,36,37)(H,43,44)(H,33,34,38)/t22-,29?/m1/s1. The van der Waals surface area contributed by atoms with Crippen molar-refractivity contribution in [2.45, 2.75) is 45.3 Å². The van der Waals surface area contributed by atoms with Gasteiger partial charge in [-0.05, 0) is 40.7 Å². The number of aliphatic hydroxyl groups is 1. The highest BCUT2D eigenvalue weighted by Gasteiger charge is 2.53. The Kier molecular flexibility index (Phi) is 8.23. The number of rotatable bonds is 8. The van der Waals surface area contributed by atoms with Gasteiger partial charge in [-0.3, -0.25) is 20.1 Å². The van der Waals surface area contributed by atoms with E-state index in [2.05, 4.69) is 25.6 Å². The van der Waals surface area contributed by atoms with Crippen molar-refractivity contribution in [1.82, 2.24) is 35.2 Å². The number of guanidine groups is 1. The van der Waals surface area contributed by atoms with Crippen LogP contribution in [0.4, 0.5) is 13.6 Å². The van der Waals surface area contributed by atoms with Gasteiger partial charge in [-0.2, -0.15) is 19.0 Å². The zero-order chi connectivity index (χ0) is 31.8. The quantitative estimate of drug-likeness (QED) is 0.209. The van der Waals surface area contributed by atoms with Crippen LogP contribution in [0.2, 0.25) is 5.02 Å². The zero-order valence-electron chi connectivity index (χ0n) is 23.9. The van der Waals surface area contributed by atoms with Crippen LogP contribution < -0.4 is 5.32 Å². The molecule has 0 bridgehead atoms. The number of halogens is 3. The van der Waals surface area contributed by atoms with Crippen molar-refractivity contribution in [2.24, 2.45) is 10.4 Å². The summed E-state index contributed by atoms with van der Waals surface area (Å²) in [7, 11) is 0. The van der Waals surface area contributed by atoms with E-state index in [-0.39, 0.29) is 12.4 Å². The maximum Gasteiger partial charge on any atom is 0.411 e. The van der Waals surface area contributed by atoms with Crippen molar-refractivity contribution in [2.75, 3.05) is 6.61 Å². The minimum absolute atomic E-state index is 0.172. The van der Waals surface area contributed by atoms with Gasteiger partial charge in [-0.25, -0.2) is 19.5 Å². The molecule has 2 aromatic carbocycles. The highest BCUT2D eigenvalue weighted by molar-refractivity contribution is 6.33. The highest BCUT2D eigenvalue weighted by Crippen LogP contribution is 2.45. The molecule has 0 aliphatic carbocycles. The normalized spacial score (nSPS) is 17.7. The zero-order valence-corrected chi connectivity index (χ0v) is 24.6. The summed E-state index contributed by atoms with van der Waals surface area (Å²) in [6, 6.07) is 10.4. The van der Waals surface area contributed by atoms with Gasteiger partial charge < -0.3 is 10.2 Å². The number of aliphatic imine (C=N–C) groups is 1. The molecule has 15 heteroatoms. The molecule has 1 unspecified atom stereocenters. The first kappa shape index (κ1) is 30.8. The Morgan fingerprint density at radius 3 is 2.45 bits per heavy atom. The topological polar surface area (TPSA) is 162 Å². The molecule has 3 heterocycles. The van der Waals surface area contributed by atoms with Crippen LogP contribution >= 0.6 is 11.6 Å². The lowest BCUT2D eigenvalue weighted by molar-refractivity contribution is -0.135. The second kappa shape index (κ2) is 11.8. The number of aromatic nitrogens is 5. The fraction of sp³-hybridized carbons (Fsp3) is 0.310. The summed E-state index contributed by atoms with van der Waals surface area (Å²) >= 11 is 6.41. The summed E-state index contributed by atoms with van der Waals surface area (Å²) in [6.45, 7) is 2.39. The van der Waals surface area contributed by atoms with Gasteiger partial charge in [0.1, 0.15) is 6.33 Å². The van der Waals surface area contributed by atoms with Crippen LogP contribution in [0.15, 0.2) is 66.2 Å². The van der Waals surface area contributed by atoms with Gasteiger partial charge in [0.25, 0.3) is 5.91 Å². The molecule has 230 valence electrons. The molecule has 0 radical (unpaired) electrons. The van der Waals surface area contributed by atoms with E-state index < -0.39 is 42.2 Å². The van der Waals surface area contributed by atoms with Gasteiger partial charge in [-0.1, -0.05) is 62.7 Å². The Labute approximate surface area is 255 Å². The number of hydrogen-bond acceptors (Lipinski definition) is 7. The number of nitrogens with one attached hydrogen (secondary N) is 2. The molecule has 0 fully saturated rings. The Bertz CT molecular complexity index is 1700. The molecule has 1 aliphatic rings. The SMILES string of the molecule is CC(C)(C)CC1(c2ccc(-c3cnn(C(F)F)c3)cc2)N=C(NC(=O)O)N([C@H](CO)c2ccc(Cl)c(-c3ncn[nH]3)c2)C1=O. The first-order valence-electron chi connectivity index (χ1n) is 13.5. The van der Waals surface area contributed by atoms with Crippen molar-refractivity contribution in [3.05, 3.63) is 77.3 Å². The molecule has 4 aromatic rings. The number of amides is 2. The van der Waals surface area contributed by atoms with E-state index in [0.717, 1.165) is 4.90 Å². The van der Waals surface area contributed by atoms with Gasteiger partial charge >= 0.3 is 12.6 Å². The van der Waals surface area contributed by atoms with Crippen molar-refractivity contribution in [1.29, 1.82) is 0 Å². The van der Waals surface area contributed by atoms with Crippen LogP contribution in [0.3, 0.4) is 0 Å². The smallest absolute Gasteiger partial charge is 0.411 e. The van der Waals surface area contributed by atoms with Crippen LogP contribution in [0.25, 0.3) is 22.5 Å². The van der Waals surface area contributed by atoms with Crippen molar-refractivity contribution >= 4 is 29.6 Å². The summed E-state index contributed by atoms with van der Waals surface area (Å²) in [5, 5.41) is 33.2. The van der Waals surface area contributed by atoms with Crippen LogP contribution in [-0.2, 0) is 10.3 Å². The van der Waals surface area contributed by atoms with Gasteiger partial charge in [0, 0.05) is 17.3 Å². The number of carboxylic acid groups (broad SMARTS) is 1. The second-order valence-corrected chi connectivity index (χ2v) is 11.9. The Hall–Kier alpha value is -4.69. The lowest BCUT2D eigenvalue weighted by atomic mass is 9.75. The molecular weight excluding hydrogens is 598 g/mol. The molecule has 0 saturated carbocycles. The van der Waals surface area contributed by atoms with Gasteiger partial charge in [0.15, 0.2) is 11.4 Å². The number of benzene rings is 2. The number of alkyl halides is 2. The van der Waals surface area contributed by atoms with E-state index in [0.29, 0.717) is 43.3 Å². The molecular formula is C29H29ClF2N8O4. The van der Waals surface area contributed by atoms with E-state index in [1.165, 1.54) is 18.7 Å². The predicted octanol–water partition coefficient (Wildman–Crippen LogP) is 5.21. The van der Waals surface area contributed by atoms with Crippen molar-refractivity contribution < 1.29 is 28.6 Å². The second-order valence-electron chi connectivity index (χ2n) is 11.5. The first-order valence-corrected chi connectivity index (χ1v) is 13.8. The summed E-state index contributed by atoms with van der Waals surface area (Å²) in [6.07, 6.45) is 2.56. The highest BCUT2D eigenvalue weighted by atomic mass is 35.5. The van der Waals surface area contributed by atoms with Crippen molar-refractivity contribution in [3.63, 3.8) is 0 Å². The van der Waals surface area contributed by atoms with Crippen LogP contribution in [-0.4, -0.2) is 64.6 Å². The van der Waals surface area contributed by atoms with E-state index in [4.69, 9.17) is 16.6 Å². The Balaban J connectivity index is 1.60. The van der Waals surface area contributed by atoms with E-state index >= 15 is 0 Å².